The molecule has 2 aromatic rings. The van der Waals surface area contributed by atoms with Crippen LogP contribution in [0.1, 0.15) is 10.4 Å². The highest BCUT2D eigenvalue weighted by atomic mass is 16.1. The molecule has 0 saturated carbocycles. The number of nitrogens with two attached hydrogens (primary N) is 1. The molecule has 0 radical (unpaired) electrons. The van der Waals surface area contributed by atoms with Gasteiger partial charge in [-0.05, 0) is 16.8 Å². The second-order valence-electron chi connectivity index (χ2n) is 2.94. The standard InChI is InChI=1S/C10H8N4O/c11-10(15)9-4-2-1-3-8(9)7-5-12-14-13-6-7/h1-6H,(H2,11,15). The normalized spacial score (nSPS) is 9.87. The smallest absolute Gasteiger partial charge is 0.249 e. The Kier molecular flexibility index (Phi) is 2.37. The van der Waals surface area contributed by atoms with Crippen molar-refractivity contribution in [3.63, 3.8) is 0 Å². The Bertz CT molecular complexity index is 484. The van der Waals surface area contributed by atoms with Gasteiger partial charge in [0.25, 0.3) is 0 Å². The van der Waals surface area contributed by atoms with Crippen LogP contribution in [0.15, 0.2) is 36.7 Å². The zero-order chi connectivity index (χ0) is 10.7. The van der Waals surface area contributed by atoms with Crippen LogP contribution in [0.5, 0.6) is 0 Å². The molecular weight excluding hydrogens is 192 g/mol. The molecule has 1 heterocycles. The summed E-state index contributed by atoms with van der Waals surface area (Å²) >= 11 is 0. The monoisotopic (exact) mass is 200 g/mol. The molecule has 5 heteroatoms. The SMILES string of the molecule is NC(=O)c1ccccc1-c1cnnnc1. The second kappa shape index (κ2) is 3.83. The van der Waals surface area contributed by atoms with Crippen LogP contribution < -0.4 is 5.73 Å². The third-order valence-corrected chi connectivity index (χ3v) is 2.00. The minimum absolute atomic E-state index is 0.451. The Balaban J connectivity index is 2.58. The topological polar surface area (TPSA) is 81.8 Å². The summed E-state index contributed by atoms with van der Waals surface area (Å²) in [5, 5.41) is 10.7. The highest BCUT2D eigenvalue weighted by Crippen LogP contribution is 2.20. The van der Waals surface area contributed by atoms with Crippen molar-refractivity contribution in [2.75, 3.05) is 0 Å². The third-order valence-electron chi connectivity index (χ3n) is 2.00. The molecule has 0 spiro atoms. The van der Waals surface area contributed by atoms with Crippen LogP contribution in [0.4, 0.5) is 0 Å². The maximum absolute atomic E-state index is 11.2. The summed E-state index contributed by atoms with van der Waals surface area (Å²) in [6, 6.07) is 7.03. The van der Waals surface area contributed by atoms with E-state index in [0.717, 1.165) is 5.56 Å². The summed E-state index contributed by atoms with van der Waals surface area (Å²) < 4.78 is 0. The van der Waals surface area contributed by atoms with E-state index in [1.807, 2.05) is 6.07 Å². The first-order chi connectivity index (χ1) is 7.29. The second-order valence-corrected chi connectivity index (χ2v) is 2.94. The molecule has 1 amide bonds. The van der Waals surface area contributed by atoms with Crippen molar-refractivity contribution in [3.8, 4) is 11.1 Å². The van der Waals surface area contributed by atoms with Gasteiger partial charge >= 0.3 is 0 Å². The van der Waals surface area contributed by atoms with Crippen molar-refractivity contribution >= 4 is 5.91 Å². The van der Waals surface area contributed by atoms with E-state index >= 15 is 0 Å². The molecule has 0 saturated heterocycles. The van der Waals surface area contributed by atoms with Gasteiger partial charge in [0.15, 0.2) is 0 Å². The minimum atomic E-state index is -0.470. The molecule has 1 aromatic heterocycles. The van der Waals surface area contributed by atoms with Crippen molar-refractivity contribution < 1.29 is 4.79 Å². The van der Waals surface area contributed by atoms with Crippen molar-refractivity contribution in [2.45, 2.75) is 0 Å². The molecule has 15 heavy (non-hydrogen) atoms. The Labute approximate surface area is 86.0 Å². The fourth-order valence-electron chi connectivity index (χ4n) is 1.33. The molecule has 74 valence electrons. The Morgan fingerprint density at radius 2 is 1.80 bits per heavy atom. The lowest BCUT2D eigenvalue weighted by molar-refractivity contribution is 0.100. The number of carbonyl (C=O) groups excluding carboxylic acids is 1. The van der Waals surface area contributed by atoms with Gasteiger partial charge in [0, 0.05) is 11.1 Å². The Hall–Kier alpha value is -2.30. The first-order valence-corrected chi connectivity index (χ1v) is 4.31. The van der Waals surface area contributed by atoms with E-state index in [2.05, 4.69) is 15.4 Å². The zero-order valence-corrected chi connectivity index (χ0v) is 7.79. The molecule has 2 rings (SSSR count). The number of nitrogens with zero attached hydrogens (tertiary/aromatic N) is 3. The molecule has 0 fully saturated rings. The van der Waals surface area contributed by atoms with Gasteiger partial charge in [0.05, 0.1) is 12.4 Å². The highest BCUT2D eigenvalue weighted by Gasteiger charge is 2.08. The number of aromatic nitrogens is 3. The van der Waals surface area contributed by atoms with Crippen LogP contribution in [-0.2, 0) is 0 Å². The first-order valence-electron chi connectivity index (χ1n) is 4.31. The van der Waals surface area contributed by atoms with Crippen LogP contribution in [-0.4, -0.2) is 21.3 Å². The number of benzene rings is 1. The Morgan fingerprint density at radius 1 is 1.13 bits per heavy atom. The predicted octanol–water partition coefficient (Wildman–Crippen LogP) is 0.637. The maximum atomic E-state index is 11.2. The number of rotatable bonds is 2. The molecule has 0 atom stereocenters. The van der Waals surface area contributed by atoms with E-state index in [1.54, 1.807) is 18.2 Å². The summed E-state index contributed by atoms with van der Waals surface area (Å²) in [5.74, 6) is -0.470. The molecule has 2 N–H and O–H groups in total. The van der Waals surface area contributed by atoms with E-state index in [1.165, 1.54) is 12.4 Å². The summed E-state index contributed by atoms with van der Waals surface area (Å²) in [7, 11) is 0. The fraction of sp³-hybridized carbons (Fsp3) is 0. The van der Waals surface area contributed by atoms with Gasteiger partial charge in [0.2, 0.25) is 5.91 Å². The van der Waals surface area contributed by atoms with Gasteiger partial charge in [-0.3, -0.25) is 4.79 Å². The number of hydrogen-bond acceptors (Lipinski definition) is 4. The van der Waals surface area contributed by atoms with Crippen molar-refractivity contribution in [2.24, 2.45) is 5.73 Å². The van der Waals surface area contributed by atoms with Gasteiger partial charge in [-0.15, -0.1) is 10.2 Å². The van der Waals surface area contributed by atoms with Crippen LogP contribution in [0.2, 0.25) is 0 Å². The van der Waals surface area contributed by atoms with Gasteiger partial charge in [-0.25, -0.2) is 0 Å². The fourth-order valence-corrected chi connectivity index (χ4v) is 1.33. The largest absolute Gasteiger partial charge is 0.366 e. The summed E-state index contributed by atoms with van der Waals surface area (Å²) in [6.45, 7) is 0. The number of hydrogen-bond donors (Lipinski definition) is 1. The maximum Gasteiger partial charge on any atom is 0.249 e. The Morgan fingerprint density at radius 3 is 2.47 bits per heavy atom. The van der Waals surface area contributed by atoms with Gasteiger partial charge < -0.3 is 5.73 Å². The molecule has 1 aromatic carbocycles. The summed E-state index contributed by atoms with van der Waals surface area (Å²) in [6.07, 6.45) is 3.07. The minimum Gasteiger partial charge on any atom is -0.366 e. The molecule has 0 unspecified atom stereocenters. The van der Waals surface area contributed by atoms with Crippen LogP contribution in [0, 0.1) is 0 Å². The number of primary amides is 1. The van der Waals surface area contributed by atoms with E-state index in [9.17, 15) is 4.79 Å². The molecule has 0 bridgehead atoms. The molecule has 0 aliphatic carbocycles. The number of carbonyl (C=O) groups is 1. The van der Waals surface area contributed by atoms with E-state index in [0.29, 0.717) is 11.1 Å². The zero-order valence-electron chi connectivity index (χ0n) is 7.79. The summed E-state index contributed by atoms with van der Waals surface area (Å²) in [5.41, 5.74) is 7.14. The van der Waals surface area contributed by atoms with Crippen LogP contribution >= 0.6 is 0 Å². The van der Waals surface area contributed by atoms with Gasteiger partial charge in [-0.1, -0.05) is 18.2 Å². The van der Waals surface area contributed by atoms with E-state index in [-0.39, 0.29) is 0 Å². The van der Waals surface area contributed by atoms with Crippen LogP contribution in [0.3, 0.4) is 0 Å². The highest BCUT2D eigenvalue weighted by molar-refractivity contribution is 5.99. The third kappa shape index (κ3) is 1.80. The van der Waals surface area contributed by atoms with Crippen molar-refractivity contribution in [1.82, 2.24) is 15.4 Å². The van der Waals surface area contributed by atoms with Gasteiger partial charge in [-0.2, -0.15) is 0 Å². The van der Waals surface area contributed by atoms with Crippen molar-refractivity contribution in [3.05, 3.63) is 42.2 Å². The quantitative estimate of drug-likeness (QED) is 0.771. The van der Waals surface area contributed by atoms with Crippen LogP contribution in [0.25, 0.3) is 11.1 Å². The molecule has 5 nitrogen and oxygen atoms in total. The molecule has 0 aliphatic heterocycles. The molecular formula is C10H8N4O. The van der Waals surface area contributed by atoms with E-state index < -0.39 is 5.91 Å². The predicted molar refractivity (Wildman–Crippen MR) is 53.8 cm³/mol. The average Bonchev–Trinajstić information content (AvgIpc) is 2.30. The first kappa shape index (κ1) is 9.26. The molecule has 0 aliphatic rings. The number of amides is 1. The van der Waals surface area contributed by atoms with Gasteiger partial charge in [0.1, 0.15) is 0 Å². The average molecular weight is 200 g/mol. The van der Waals surface area contributed by atoms with Crippen molar-refractivity contribution in [1.29, 1.82) is 0 Å². The summed E-state index contributed by atoms with van der Waals surface area (Å²) in [4.78, 5) is 11.2. The lowest BCUT2D eigenvalue weighted by Crippen LogP contribution is -2.12. The lowest BCUT2D eigenvalue weighted by atomic mass is 10.0. The lowest BCUT2D eigenvalue weighted by Gasteiger charge is -2.04. The van der Waals surface area contributed by atoms with E-state index in [4.69, 9.17) is 5.73 Å².